The lowest BCUT2D eigenvalue weighted by Gasteiger charge is -2.26. The highest BCUT2D eigenvalue weighted by molar-refractivity contribution is 7.47. The number of nitrogens with zero attached hydrogens (tertiary/aromatic N) is 1. The SMILES string of the molecule is CC/C=C\C/C=C\C/C=C\C/C=C\CCCCCCCCCCCCCCCCCCCCCCCCCCC(=O)NC(COP(=O)(O)OCC[N+](C)(C)C)C(O)CCCCCCCCCCCCCCCCCCCCCCCCCCCC. The van der Waals surface area contributed by atoms with Crippen molar-refractivity contribution in [1.29, 1.82) is 0 Å². The summed E-state index contributed by atoms with van der Waals surface area (Å²) in [7, 11) is 1.64. The zero-order valence-corrected chi connectivity index (χ0v) is 58.5. The fraction of sp³-hybridized carbons (Fsp3) is 0.882. The molecule has 3 atom stereocenters. The van der Waals surface area contributed by atoms with Crippen LogP contribution in [0, 0.1) is 0 Å². The number of aliphatic hydroxyl groups is 1. The Kier molecular flexibility index (Phi) is 65.7. The molecule has 0 saturated carbocycles. The quantitative estimate of drug-likeness (QED) is 0.0243. The summed E-state index contributed by atoms with van der Waals surface area (Å²) in [5, 5.41) is 14.2. The minimum atomic E-state index is -4.33. The Morgan fingerprint density at radius 3 is 1.04 bits per heavy atom. The Bertz CT molecular complexity index is 1530. The van der Waals surface area contributed by atoms with Crippen molar-refractivity contribution >= 4 is 13.7 Å². The number of phosphoric acid groups is 1. The summed E-state index contributed by atoms with van der Waals surface area (Å²) in [6, 6.07) is -0.761. The Hall–Kier alpha value is -1.54. The molecular weight excluding hydrogens is 1070 g/mol. The van der Waals surface area contributed by atoms with Gasteiger partial charge < -0.3 is 19.8 Å². The number of quaternary nitrogens is 1. The van der Waals surface area contributed by atoms with Gasteiger partial charge in [0.25, 0.3) is 0 Å². The first-order valence-corrected chi connectivity index (χ1v) is 39.0. The van der Waals surface area contributed by atoms with Crippen LogP contribution >= 0.6 is 7.82 Å². The van der Waals surface area contributed by atoms with E-state index in [0.717, 1.165) is 64.2 Å². The first-order chi connectivity index (χ1) is 41.5. The third-order valence-electron chi connectivity index (χ3n) is 17.3. The van der Waals surface area contributed by atoms with Gasteiger partial charge in [0.15, 0.2) is 0 Å². The molecule has 3 N–H and O–H groups in total. The maximum Gasteiger partial charge on any atom is 0.472 e. The van der Waals surface area contributed by atoms with Crippen LogP contribution in [0.3, 0.4) is 0 Å². The number of allylic oxidation sites excluding steroid dienone is 8. The highest BCUT2D eigenvalue weighted by Crippen LogP contribution is 2.43. The van der Waals surface area contributed by atoms with E-state index in [-0.39, 0.29) is 19.1 Å². The largest absolute Gasteiger partial charge is 0.472 e. The average Bonchev–Trinajstić information content (AvgIpc) is 3.49. The summed E-state index contributed by atoms with van der Waals surface area (Å²) in [4.78, 5) is 23.5. The summed E-state index contributed by atoms with van der Waals surface area (Å²) < 4.78 is 23.9. The fourth-order valence-electron chi connectivity index (χ4n) is 11.6. The smallest absolute Gasteiger partial charge is 0.391 e. The van der Waals surface area contributed by atoms with Crippen molar-refractivity contribution in [3.63, 3.8) is 0 Å². The standard InChI is InChI=1S/C76H147N2O6P/c1-6-8-10-12-14-16-18-20-22-24-26-28-30-32-34-35-36-37-38-39-40-41-42-43-44-46-48-50-52-54-56-58-60-62-64-66-68-70-76(80)77-74(73-84-85(81,82)83-72-71-78(3,4)5)75(79)69-67-65-63-61-59-57-55-53-51-49-47-45-33-31-29-27-25-23-21-19-17-15-13-11-9-7-2/h8,10,14,16,20,22,26,28,74-75,79H,6-7,9,11-13,15,17-19,21,23-25,27,29-73H2,1-5H3,(H-,77,80,81,82)/p+1/b10-8-,16-14-,22-20-,28-26-. The van der Waals surface area contributed by atoms with E-state index >= 15 is 0 Å². The van der Waals surface area contributed by atoms with Crippen LogP contribution in [0.2, 0.25) is 0 Å². The molecule has 0 saturated heterocycles. The van der Waals surface area contributed by atoms with Gasteiger partial charge in [-0.3, -0.25) is 13.8 Å². The number of phosphoric ester groups is 1. The van der Waals surface area contributed by atoms with Crippen LogP contribution in [0.15, 0.2) is 48.6 Å². The lowest BCUT2D eigenvalue weighted by Crippen LogP contribution is -2.46. The molecule has 0 aliphatic rings. The van der Waals surface area contributed by atoms with Crippen molar-refractivity contribution in [2.45, 2.75) is 392 Å². The number of aliphatic hydroxyl groups excluding tert-OH is 1. The maximum atomic E-state index is 13.1. The van der Waals surface area contributed by atoms with E-state index in [9.17, 15) is 19.4 Å². The minimum Gasteiger partial charge on any atom is -0.391 e. The molecule has 0 aromatic rings. The van der Waals surface area contributed by atoms with Gasteiger partial charge in [-0.15, -0.1) is 0 Å². The number of rotatable bonds is 70. The number of hydrogen-bond acceptors (Lipinski definition) is 5. The molecule has 0 radical (unpaired) electrons. The van der Waals surface area contributed by atoms with Crippen LogP contribution < -0.4 is 5.32 Å². The zero-order chi connectivity index (χ0) is 61.9. The molecule has 1 amide bonds. The molecular formula is C76H148N2O6P+. The van der Waals surface area contributed by atoms with E-state index < -0.39 is 20.0 Å². The Balaban J connectivity index is 3.93. The van der Waals surface area contributed by atoms with Gasteiger partial charge in [0.05, 0.1) is 39.9 Å². The summed E-state index contributed by atoms with van der Waals surface area (Å²) in [6.07, 6.45) is 91.0. The molecule has 0 aromatic carbocycles. The maximum absolute atomic E-state index is 13.1. The second-order valence-corrected chi connectivity index (χ2v) is 28.5. The molecule has 8 nitrogen and oxygen atoms in total. The van der Waals surface area contributed by atoms with E-state index in [1.54, 1.807) is 0 Å². The molecule has 9 heteroatoms. The summed E-state index contributed by atoms with van der Waals surface area (Å²) >= 11 is 0. The molecule has 85 heavy (non-hydrogen) atoms. The number of amides is 1. The number of carbonyl (C=O) groups is 1. The Labute approximate surface area is 530 Å². The number of hydrogen-bond donors (Lipinski definition) is 3. The summed E-state index contributed by atoms with van der Waals surface area (Å²) in [5.74, 6) is -0.136. The van der Waals surface area contributed by atoms with Crippen molar-refractivity contribution in [3.8, 4) is 0 Å². The van der Waals surface area contributed by atoms with Crippen LogP contribution in [-0.2, 0) is 18.4 Å². The van der Waals surface area contributed by atoms with E-state index in [1.807, 2.05) is 21.1 Å². The molecule has 0 spiro atoms. The summed E-state index contributed by atoms with van der Waals surface area (Å²) in [5.41, 5.74) is 0. The van der Waals surface area contributed by atoms with Gasteiger partial charge in [0.2, 0.25) is 5.91 Å². The molecule has 0 aromatic heterocycles. The van der Waals surface area contributed by atoms with E-state index in [2.05, 4.69) is 67.8 Å². The van der Waals surface area contributed by atoms with Crippen molar-refractivity contribution < 1.29 is 32.9 Å². The highest BCUT2D eigenvalue weighted by Gasteiger charge is 2.28. The van der Waals surface area contributed by atoms with Gasteiger partial charge in [-0.25, -0.2) is 4.57 Å². The van der Waals surface area contributed by atoms with Crippen LogP contribution in [0.25, 0.3) is 0 Å². The monoisotopic (exact) mass is 1220 g/mol. The van der Waals surface area contributed by atoms with Crippen molar-refractivity contribution in [1.82, 2.24) is 5.32 Å². The predicted molar refractivity (Wildman–Crippen MR) is 374 cm³/mol. The fourth-order valence-corrected chi connectivity index (χ4v) is 12.3. The Morgan fingerprint density at radius 2 is 0.706 bits per heavy atom. The first-order valence-electron chi connectivity index (χ1n) is 37.5. The van der Waals surface area contributed by atoms with Gasteiger partial charge in [0, 0.05) is 6.42 Å². The van der Waals surface area contributed by atoms with Crippen molar-refractivity contribution in [2.24, 2.45) is 0 Å². The molecule has 0 heterocycles. The zero-order valence-electron chi connectivity index (χ0n) is 57.6. The van der Waals surface area contributed by atoms with E-state index in [1.165, 1.54) is 289 Å². The van der Waals surface area contributed by atoms with Gasteiger partial charge in [-0.1, -0.05) is 371 Å². The molecule has 0 fully saturated rings. The number of nitrogens with one attached hydrogen (secondary N) is 1. The lowest BCUT2D eigenvalue weighted by atomic mass is 10.0. The van der Waals surface area contributed by atoms with Gasteiger partial charge in [0.1, 0.15) is 13.2 Å². The molecule has 3 unspecified atom stereocenters. The predicted octanol–water partition coefficient (Wildman–Crippen LogP) is 24.2. The lowest BCUT2D eigenvalue weighted by molar-refractivity contribution is -0.870. The second kappa shape index (κ2) is 66.9. The van der Waals surface area contributed by atoms with Crippen molar-refractivity contribution in [3.05, 3.63) is 48.6 Å². The van der Waals surface area contributed by atoms with Crippen LogP contribution in [0.5, 0.6) is 0 Å². The normalized spacial score (nSPS) is 13.8. The first kappa shape index (κ1) is 83.5. The number of likely N-dealkylation sites (N-methyl/N-ethyl adjacent to an activating group) is 1. The average molecular weight is 1220 g/mol. The van der Waals surface area contributed by atoms with E-state index in [0.29, 0.717) is 23.9 Å². The van der Waals surface area contributed by atoms with Gasteiger partial charge in [-0.05, 0) is 51.4 Å². The topological polar surface area (TPSA) is 105 Å². The second-order valence-electron chi connectivity index (χ2n) is 27.0. The molecule has 0 rings (SSSR count). The molecule has 0 aliphatic carbocycles. The number of carbonyl (C=O) groups excluding carboxylic acids is 1. The van der Waals surface area contributed by atoms with E-state index in [4.69, 9.17) is 9.05 Å². The third-order valence-corrected chi connectivity index (χ3v) is 18.3. The van der Waals surface area contributed by atoms with Crippen LogP contribution in [0.1, 0.15) is 380 Å². The number of unbranched alkanes of at least 4 members (excludes halogenated alkanes) is 49. The minimum absolute atomic E-state index is 0.0770. The molecule has 502 valence electrons. The highest BCUT2D eigenvalue weighted by atomic mass is 31.2. The molecule has 0 aliphatic heterocycles. The van der Waals surface area contributed by atoms with Crippen molar-refractivity contribution in [2.75, 3.05) is 40.9 Å². The third kappa shape index (κ3) is 69.8. The molecule has 0 bridgehead atoms. The van der Waals surface area contributed by atoms with Gasteiger partial charge in [-0.2, -0.15) is 0 Å². The van der Waals surface area contributed by atoms with Gasteiger partial charge >= 0.3 is 7.82 Å². The Morgan fingerprint density at radius 1 is 0.412 bits per heavy atom. The summed E-state index contributed by atoms with van der Waals surface area (Å²) in [6.45, 7) is 4.84. The van der Waals surface area contributed by atoms with Crippen LogP contribution in [-0.4, -0.2) is 73.4 Å². The van der Waals surface area contributed by atoms with Crippen LogP contribution in [0.4, 0.5) is 0 Å².